The number of halogens is 3. The fourth-order valence-corrected chi connectivity index (χ4v) is 3.21. The van der Waals surface area contributed by atoms with Crippen LogP contribution in [-0.2, 0) is 9.53 Å². The van der Waals surface area contributed by atoms with Gasteiger partial charge in [0, 0.05) is 5.92 Å². The quantitative estimate of drug-likeness (QED) is 0.463. The average Bonchev–Trinajstić information content (AvgIpc) is 3.39. The van der Waals surface area contributed by atoms with Crippen molar-refractivity contribution in [2.45, 2.75) is 42.6 Å². The van der Waals surface area contributed by atoms with Crippen LogP contribution in [0.5, 0.6) is 0 Å². The Balaban J connectivity index is 0.000000837. The van der Waals surface area contributed by atoms with Gasteiger partial charge in [0.25, 0.3) is 0 Å². The zero-order chi connectivity index (χ0) is 23.9. The highest BCUT2D eigenvalue weighted by molar-refractivity contribution is 6.63. The molecule has 0 radical (unpaired) electrons. The van der Waals surface area contributed by atoms with E-state index in [1.807, 2.05) is 66.7 Å². The van der Waals surface area contributed by atoms with E-state index in [1.54, 1.807) is 20.8 Å². The zero-order valence-corrected chi connectivity index (χ0v) is 20.3. The summed E-state index contributed by atoms with van der Waals surface area (Å²) in [7, 11) is 0. The van der Waals surface area contributed by atoms with Crippen LogP contribution in [0.25, 0.3) is 5.57 Å². The van der Waals surface area contributed by atoms with Crippen LogP contribution in [0.3, 0.4) is 0 Å². The lowest BCUT2D eigenvalue weighted by Gasteiger charge is -2.22. The molecule has 172 valence electrons. The third-order valence-electron chi connectivity index (χ3n) is 4.66. The molecule has 1 fully saturated rings. The maximum absolute atomic E-state index is 12.2. The van der Waals surface area contributed by atoms with E-state index in [2.05, 4.69) is 5.32 Å². The van der Waals surface area contributed by atoms with Crippen molar-refractivity contribution in [1.29, 1.82) is 0 Å². The van der Waals surface area contributed by atoms with Crippen LogP contribution in [0.15, 0.2) is 66.7 Å². The summed E-state index contributed by atoms with van der Waals surface area (Å²) < 4.78 is 4.50. The molecule has 5 nitrogen and oxygen atoms in total. The smallest absolute Gasteiger partial charge is 0.408 e. The Morgan fingerprint density at radius 1 is 1.03 bits per heavy atom. The molecule has 0 unspecified atom stereocenters. The van der Waals surface area contributed by atoms with E-state index in [0.717, 1.165) is 16.7 Å². The molecule has 2 N–H and O–H groups in total. The van der Waals surface area contributed by atoms with Crippen molar-refractivity contribution in [1.82, 2.24) is 5.32 Å². The van der Waals surface area contributed by atoms with Crippen molar-refractivity contribution in [3.63, 3.8) is 0 Å². The van der Waals surface area contributed by atoms with Gasteiger partial charge in [0.2, 0.25) is 0 Å². The third kappa shape index (κ3) is 7.73. The Hall–Kier alpha value is -2.21. The lowest BCUT2D eigenvalue weighted by molar-refractivity contribution is -0.141. The molecule has 1 saturated carbocycles. The highest BCUT2D eigenvalue weighted by Gasteiger charge is 2.61. The maximum atomic E-state index is 12.2. The first-order valence-corrected chi connectivity index (χ1v) is 11.2. The Morgan fingerprint density at radius 2 is 1.47 bits per heavy atom. The summed E-state index contributed by atoms with van der Waals surface area (Å²) in [4.78, 5) is 24.1. The molecule has 0 heterocycles. The zero-order valence-electron chi connectivity index (χ0n) is 18.0. The topological polar surface area (TPSA) is 75.6 Å². The van der Waals surface area contributed by atoms with Gasteiger partial charge in [0.1, 0.15) is 11.1 Å². The first-order valence-electron chi connectivity index (χ1n) is 9.94. The third-order valence-corrected chi connectivity index (χ3v) is 4.66. The molecule has 2 aromatic carbocycles. The molecule has 32 heavy (non-hydrogen) atoms. The number of alkyl carbamates (subject to hydrolysis) is 1. The van der Waals surface area contributed by atoms with Gasteiger partial charge in [-0.15, -0.1) is 0 Å². The summed E-state index contributed by atoms with van der Waals surface area (Å²) in [5.41, 5.74) is 0.912. The number of aliphatic carboxylic acids is 1. The fourth-order valence-electron chi connectivity index (χ4n) is 3.21. The summed E-state index contributed by atoms with van der Waals surface area (Å²) >= 11 is 14.4. The monoisotopic (exact) mass is 497 g/mol. The standard InChI is InChI=1S/C23H25NO4.CHCl3/c1-22(2,3)28-21(27)24-23(20(25)26)15-18(23)14-19(16-10-6-4-7-11-16)17-12-8-5-9-13-17;2-1(3)4/h4-14,18H,15H2,1-3H3,(H,24,27)(H,25,26);1H/t18-,23-;/m0./s1. The summed E-state index contributed by atoms with van der Waals surface area (Å²) in [5, 5.41) is 12.4. The van der Waals surface area contributed by atoms with Crippen molar-refractivity contribution in [3.8, 4) is 0 Å². The van der Waals surface area contributed by atoms with Crippen molar-refractivity contribution in [2.75, 3.05) is 0 Å². The molecular weight excluding hydrogens is 473 g/mol. The molecule has 0 aromatic heterocycles. The number of carbonyl (C=O) groups is 2. The van der Waals surface area contributed by atoms with E-state index in [-0.39, 0.29) is 5.92 Å². The molecule has 0 saturated heterocycles. The van der Waals surface area contributed by atoms with Crippen LogP contribution < -0.4 is 5.32 Å². The van der Waals surface area contributed by atoms with Crippen LogP contribution in [0.2, 0.25) is 0 Å². The Bertz CT molecular complexity index is 898. The number of rotatable bonds is 5. The number of ether oxygens (including phenoxy) is 1. The number of carbonyl (C=O) groups excluding carboxylic acids is 1. The molecule has 8 heteroatoms. The van der Waals surface area contributed by atoms with E-state index in [9.17, 15) is 14.7 Å². The Labute approximate surface area is 203 Å². The van der Waals surface area contributed by atoms with Crippen LogP contribution in [0.1, 0.15) is 38.3 Å². The van der Waals surface area contributed by atoms with Crippen LogP contribution in [0, 0.1) is 5.92 Å². The van der Waals surface area contributed by atoms with Crippen LogP contribution >= 0.6 is 34.8 Å². The van der Waals surface area contributed by atoms with Gasteiger partial charge in [0.05, 0.1) is 0 Å². The van der Waals surface area contributed by atoms with Gasteiger partial charge in [-0.1, -0.05) is 102 Å². The molecule has 1 aliphatic carbocycles. The number of carboxylic acid groups (broad SMARTS) is 1. The molecule has 2 aromatic rings. The maximum Gasteiger partial charge on any atom is 0.408 e. The number of amides is 1. The molecule has 3 rings (SSSR count). The minimum absolute atomic E-state index is 0.324. The number of nitrogens with one attached hydrogen (secondary N) is 1. The van der Waals surface area contributed by atoms with Gasteiger partial charge in [-0.05, 0) is 43.9 Å². The number of hydrogen-bond donors (Lipinski definition) is 2. The lowest BCUT2D eigenvalue weighted by atomic mass is 9.96. The van der Waals surface area contributed by atoms with Crippen molar-refractivity contribution < 1.29 is 19.4 Å². The Morgan fingerprint density at radius 3 is 1.84 bits per heavy atom. The van der Waals surface area contributed by atoms with E-state index in [4.69, 9.17) is 39.5 Å². The van der Waals surface area contributed by atoms with Crippen LogP contribution in [-0.4, -0.2) is 32.6 Å². The van der Waals surface area contributed by atoms with Crippen molar-refractivity contribution in [3.05, 3.63) is 77.9 Å². The summed E-state index contributed by atoms with van der Waals surface area (Å²) in [6.45, 7) is 5.23. The SMILES string of the molecule is CC(C)(C)OC(=O)N[C@@]1(C(=O)O)C[C@@H]1C=C(c1ccccc1)c1ccccc1.ClC(Cl)Cl. The molecule has 0 bridgehead atoms. The van der Waals surface area contributed by atoms with Gasteiger partial charge in [0.15, 0.2) is 4.30 Å². The molecule has 0 spiro atoms. The Kier molecular flexibility index (Phi) is 9.02. The van der Waals surface area contributed by atoms with Gasteiger partial charge in [-0.3, -0.25) is 0 Å². The van der Waals surface area contributed by atoms with Crippen molar-refractivity contribution in [2.24, 2.45) is 5.92 Å². The summed E-state index contributed by atoms with van der Waals surface area (Å²) in [5.74, 6) is -1.38. The second-order valence-electron chi connectivity index (χ2n) is 8.27. The largest absolute Gasteiger partial charge is 0.479 e. The van der Waals surface area contributed by atoms with Gasteiger partial charge in [-0.2, -0.15) is 0 Å². The predicted octanol–water partition coefficient (Wildman–Crippen LogP) is 6.47. The summed E-state index contributed by atoms with van der Waals surface area (Å²) in [6, 6.07) is 19.6. The minimum Gasteiger partial charge on any atom is -0.479 e. The highest BCUT2D eigenvalue weighted by Crippen LogP contribution is 2.47. The lowest BCUT2D eigenvalue weighted by Crippen LogP contribution is -2.46. The highest BCUT2D eigenvalue weighted by atomic mass is 35.6. The average molecular weight is 499 g/mol. The van der Waals surface area contributed by atoms with Crippen molar-refractivity contribution >= 4 is 52.4 Å². The second-order valence-corrected chi connectivity index (χ2v) is 10.3. The number of alkyl halides is 3. The number of carboxylic acids is 1. The normalized spacial score (nSPS) is 19.3. The molecule has 2 atom stereocenters. The first-order chi connectivity index (χ1) is 14.9. The molecule has 1 amide bonds. The molecular formula is C24H26Cl3NO4. The molecule has 1 aliphatic rings. The molecule has 0 aliphatic heterocycles. The minimum atomic E-state index is -1.34. The van der Waals surface area contributed by atoms with E-state index in [1.165, 1.54) is 0 Å². The van der Waals surface area contributed by atoms with Gasteiger partial charge < -0.3 is 15.2 Å². The van der Waals surface area contributed by atoms with E-state index < -0.39 is 27.5 Å². The number of benzene rings is 2. The first kappa shape index (κ1) is 26.0. The van der Waals surface area contributed by atoms with Gasteiger partial charge >= 0.3 is 12.1 Å². The van der Waals surface area contributed by atoms with Crippen LogP contribution in [0.4, 0.5) is 4.79 Å². The second kappa shape index (κ2) is 11.1. The number of hydrogen-bond acceptors (Lipinski definition) is 3. The van der Waals surface area contributed by atoms with E-state index >= 15 is 0 Å². The summed E-state index contributed by atoms with van der Waals surface area (Å²) in [6.07, 6.45) is 1.55. The predicted molar refractivity (Wildman–Crippen MR) is 129 cm³/mol. The fraction of sp³-hybridized carbons (Fsp3) is 0.333. The van der Waals surface area contributed by atoms with Gasteiger partial charge in [-0.25, -0.2) is 9.59 Å². The van der Waals surface area contributed by atoms with E-state index in [0.29, 0.717) is 6.42 Å².